The van der Waals surface area contributed by atoms with E-state index in [4.69, 9.17) is 5.73 Å². The predicted molar refractivity (Wildman–Crippen MR) is 65.7 cm³/mol. The van der Waals surface area contributed by atoms with Crippen LogP contribution in [0.25, 0.3) is 0 Å². The number of rotatable bonds is 5. The molecule has 1 amide bonds. The molecule has 4 heteroatoms. The third-order valence-corrected chi connectivity index (χ3v) is 2.92. The van der Waals surface area contributed by atoms with Gasteiger partial charge in [-0.25, -0.2) is 4.39 Å². The first kappa shape index (κ1) is 13.6. The van der Waals surface area contributed by atoms with E-state index in [-0.39, 0.29) is 17.6 Å². The molecule has 0 aliphatic heterocycles. The summed E-state index contributed by atoms with van der Waals surface area (Å²) in [6, 6.07) is 5.64. The molecule has 2 unspecified atom stereocenters. The lowest BCUT2D eigenvalue weighted by molar-refractivity contribution is -0.123. The van der Waals surface area contributed by atoms with Crippen molar-refractivity contribution in [1.29, 1.82) is 0 Å². The Balaban J connectivity index is 2.48. The first-order chi connectivity index (χ1) is 8.04. The maximum atomic E-state index is 12.9. The fourth-order valence-corrected chi connectivity index (χ4v) is 1.47. The number of hydrogen-bond donors (Lipinski definition) is 2. The second-order valence-corrected chi connectivity index (χ2v) is 4.26. The highest BCUT2D eigenvalue weighted by Gasteiger charge is 2.18. The van der Waals surface area contributed by atoms with Crippen LogP contribution >= 0.6 is 0 Å². The highest BCUT2D eigenvalue weighted by Crippen LogP contribution is 2.06. The van der Waals surface area contributed by atoms with Gasteiger partial charge in [-0.1, -0.05) is 32.4 Å². The summed E-state index contributed by atoms with van der Waals surface area (Å²) in [7, 11) is 0. The van der Waals surface area contributed by atoms with E-state index in [0.29, 0.717) is 6.54 Å². The summed E-state index contributed by atoms with van der Waals surface area (Å²) in [5, 5.41) is 2.71. The highest BCUT2D eigenvalue weighted by atomic mass is 19.1. The SMILES string of the molecule is CCC(C)C(N)C(=O)NCc1cccc(F)c1. The van der Waals surface area contributed by atoms with Crippen LogP contribution in [0.2, 0.25) is 0 Å². The minimum atomic E-state index is -0.506. The number of hydrogen-bond acceptors (Lipinski definition) is 2. The Labute approximate surface area is 101 Å². The molecule has 0 aromatic heterocycles. The average Bonchev–Trinajstić information content (AvgIpc) is 2.34. The van der Waals surface area contributed by atoms with E-state index in [0.717, 1.165) is 12.0 Å². The molecular formula is C13H19FN2O. The summed E-state index contributed by atoms with van der Waals surface area (Å²) in [6.07, 6.45) is 0.856. The molecule has 0 aliphatic carbocycles. The maximum Gasteiger partial charge on any atom is 0.237 e. The van der Waals surface area contributed by atoms with E-state index in [9.17, 15) is 9.18 Å². The molecule has 1 rings (SSSR count). The van der Waals surface area contributed by atoms with Crippen LogP contribution in [0.3, 0.4) is 0 Å². The van der Waals surface area contributed by atoms with Gasteiger partial charge in [-0.15, -0.1) is 0 Å². The third kappa shape index (κ3) is 4.15. The third-order valence-electron chi connectivity index (χ3n) is 2.92. The van der Waals surface area contributed by atoms with Crippen molar-refractivity contribution in [3.8, 4) is 0 Å². The van der Waals surface area contributed by atoms with Gasteiger partial charge in [0.2, 0.25) is 5.91 Å². The molecular weight excluding hydrogens is 219 g/mol. The molecule has 2 atom stereocenters. The van der Waals surface area contributed by atoms with Gasteiger partial charge in [-0.05, 0) is 23.6 Å². The van der Waals surface area contributed by atoms with Crippen LogP contribution in [0.15, 0.2) is 24.3 Å². The molecule has 17 heavy (non-hydrogen) atoms. The largest absolute Gasteiger partial charge is 0.351 e. The van der Waals surface area contributed by atoms with E-state index >= 15 is 0 Å². The van der Waals surface area contributed by atoms with Crippen LogP contribution in [-0.4, -0.2) is 11.9 Å². The summed E-state index contributed by atoms with van der Waals surface area (Å²) < 4.78 is 12.9. The normalized spacial score (nSPS) is 14.1. The lowest BCUT2D eigenvalue weighted by Crippen LogP contribution is -2.44. The summed E-state index contributed by atoms with van der Waals surface area (Å²) in [4.78, 5) is 11.7. The van der Waals surface area contributed by atoms with Crippen molar-refractivity contribution in [3.05, 3.63) is 35.6 Å². The summed E-state index contributed by atoms with van der Waals surface area (Å²) in [5.74, 6) is -0.353. The molecule has 0 fully saturated rings. The van der Waals surface area contributed by atoms with E-state index in [1.54, 1.807) is 12.1 Å². The van der Waals surface area contributed by atoms with Gasteiger partial charge in [0.1, 0.15) is 5.82 Å². The molecule has 0 aliphatic rings. The van der Waals surface area contributed by atoms with Crippen LogP contribution < -0.4 is 11.1 Å². The maximum absolute atomic E-state index is 12.9. The predicted octanol–water partition coefficient (Wildman–Crippen LogP) is 1.82. The number of carbonyl (C=O) groups is 1. The van der Waals surface area contributed by atoms with Gasteiger partial charge >= 0.3 is 0 Å². The minimum Gasteiger partial charge on any atom is -0.351 e. The van der Waals surface area contributed by atoms with Crippen LogP contribution in [0, 0.1) is 11.7 Å². The molecule has 94 valence electrons. The van der Waals surface area contributed by atoms with Gasteiger partial charge in [0.15, 0.2) is 0 Å². The number of nitrogens with two attached hydrogens (primary N) is 1. The van der Waals surface area contributed by atoms with Crippen molar-refractivity contribution in [1.82, 2.24) is 5.32 Å². The Kier molecular flexibility index (Phi) is 5.10. The Morgan fingerprint density at radius 1 is 1.53 bits per heavy atom. The molecule has 3 N–H and O–H groups in total. The summed E-state index contributed by atoms with van der Waals surface area (Å²) in [5.41, 5.74) is 6.51. The van der Waals surface area contributed by atoms with Crippen molar-refractivity contribution in [2.75, 3.05) is 0 Å². The number of benzene rings is 1. The number of nitrogens with one attached hydrogen (secondary N) is 1. The van der Waals surface area contributed by atoms with Crippen molar-refractivity contribution in [2.45, 2.75) is 32.9 Å². The van der Waals surface area contributed by atoms with Gasteiger partial charge in [-0.2, -0.15) is 0 Å². The van der Waals surface area contributed by atoms with Crippen LogP contribution in [0.5, 0.6) is 0 Å². The van der Waals surface area contributed by atoms with E-state index in [1.807, 2.05) is 13.8 Å². The van der Waals surface area contributed by atoms with Crippen LogP contribution in [0.4, 0.5) is 4.39 Å². The van der Waals surface area contributed by atoms with Crippen molar-refractivity contribution in [2.24, 2.45) is 11.7 Å². The van der Waals surface area contributed by atoms with Gasteiger partial charge < -0.3 is 11.1 Å². The van der Waals surface area contributed by atoms with Gasteiger partial charge in [0, 0.05) is 6.54 Å². The topological polar surface area (TPSA) is 55.1 Å². The first-order valence-electron chi connectivity index (χ1n) is 5.82. The standard InChI is InChI=1S/C13H19FN2O/c1-3-9(2)12(15)13(17)16-8-10-5-4-6-11(14)7-10/h4-7,9,12H,3,8,15H2,1-2H3,(H,16,17). The van der Waals surface area contributed by atoms with Crippen molar-refractivity contribution in [3.63, 3.8) is 0 Å². The molecule has 0 saturated heterocycles. The van der Waals surface area contributed by atoms with Crippen molar-refractivity contribution >= 4 is 5.91 Å². The molecule has 0 bridgehead atoms. The smallest absolute Gasteiger partial charge is 0.237 e. The first-order valence-corrected chi connectivity index (χ1v) is 5.82. The Morgan fingerprint density at radius 2 is 2.24 bits per heavy atom. The Hall–Kier alpha value is -1.42. The minimum absolute atomic E-state index is 0.141. The van der Waals surface area contributed by atoms with Gasteiger partial charge in [0.05, 0.1) is 6.04 Å². The quantitative estimate of drug-likeness (QED) is 0.822. The second-order valence-electron chi connectivity index (χ2n) is 4.26. The second kappa shape index (κ2) is 6.35. The zero-order valence-electron chi connectivity index (χ0n) is 10.2. The molecule has 0 radical (unpaired) electrons. The lowest BCUT2D eigenvalue weighted by atomic mass is 9.99. The number of halogens is 1. The fourth-order valence-electron chi connectivity index (χ4n) is 1.47. The van der Waals surface area contributed by atoms with E-state index in [1.165, 1.54) is 12.1 Å². The molecule has 0 heterocycles. The molecule has 1 aromatic carbocycles. The number of carbonyl (C=O) groups excluding carboxylic acids is 1. The average molecular weight is 238 g/mol. The van der Waals surface area contributed by atoms with Gasteiger partial charge in [-0.3, -0.25) is 4.79 Å². The van der Waals surface area contributed by atoms with Gasteiger partial charge in [0.25, 0.3) is 0 Å². The summed E-state index contributed by atoms with van der Waals surface area (Å²) >= 11 is 0. The molecule has 1 aromatic rings. The molecule has 0 saturated carbocycles. The molecule has 0 spiro atoms. The zero-order valence-corrected chi connectivity index (χ0v) is 10.2. The van der Waals surface area contributed by atoms with Crippen LogP contribution in [0.1, 0.15) is 25.8 Å². The highest BCUT2D eigenvalue weighted by molar-refractivity contribution is 5.81. The number of amides is 1. The Morgan fingerprint density at radius 3 is 2.82 bits per heavy atom. The Bertz CT molecular complexity index is 381. The van der Waals surface area contributed by atoms with E-state index < -0.39 is 6.04 Å². The molecule has 3 nitrogen and oxygen atoms in total. The van der Waals surface area contributed by atoms with Crippen LogP contribution in [-0.2, 0) is 11.3 Å². The van der Waals surface area contributed by atoms with E-state index in [2.05, 4.69) is 5.32 Å². The lowest BCUT2D eigenvalue weighted by Gasteiger charge is -2.17. The van der Waals surface area contributed by atoms with Crippen molar-refractivity contribution < 1.29 is 9.18 Å². The monoisotopic (exact) mass is 238 g/mol. The zero-order chi connectivity index (χ0) is 12.8. The summed E-state index contributed by atoms with van der Waals surface area (Å²) in [6.45, 7) is 4.23. The fraction of sp³-hybridized carbons (Fsp3) is 0.462.